The summed E-state index contributed by atoms with van der Waals surface area (Å²) in [5, 5.41) is 14.0. The SMILES string of the molecule is CCCCCCCCCCCCCC/C=C\CCCCCCCCCCCCCC(=O)NC(COP(=O)(O)OCC[N+](C)(C)C)C(O)/C=C/CCCCCCCCCCCCCCCCCCCCC. The molecule has 3 atom stereocenters. The van der Waals surface area contributed by atoms with Crippen LogP contribution in [0.2, 0.25) is 0 Å². The van der Waals surface area contributed by atoms with Gasteiger partial charge in [-0.05, 0) is 44.9 Å². The van der Waals surface area contributed by atoms with Gasteiger partial charge < -0.3 is 19.8 Å². The van der Waals surface area contributed by atoms with E-state index in [0.29, 0.717) is 17.4 Å². The minimum Gasteiger partial charge on any atom is -0.387 e. The number of nitrogens with one attached hydrogen (secondary N) is 1. The molecule has 0 aromatic rings. The second kappa shape index (κ2) is 52.8. The fraction of sp³-hybridized carbons (Fsp3) is 0.918. The number of hydrogen-bond acceptors (Lipinski definition) is 5. The summed E-state index contributed by atoms with van der Waals surface area (Å²) in [4.78, 5) is 23.3. The van der Waals surface area contributed by atoms with E-state index in [4.69, 9.17) is 9.05 Å². The lowest BCUT2D eigenvalue weighted by Gasteiger charge is -2.25. The van der Waals surface area contributed by atoms with Gasteiger partial charge in [0.05, 0.1) is 39.9 Å². The van der Waals surface area contributed by atoms with Crippen molar-refractivity contribution in [3.63, 3.8) is 0 Å². The van der Waals surface area contributed by atoms with Gasteiger partial charge in [-0.15, -0.1) is 0 Å². The minimum absolute atomic E-state index is 0.0633. The molecule has 0 rings (SSSR count). The first-order valence-electron chi connectivity index (χ1n) is 30.7. The highest BCUT2D eigenvalue weighted by molar-refractivity contribution is 7.47. The fourth-order valence-corrected chi connectivity index (χ4v) is 10.1. The second-order valence-electron chi connectivity index (χ2n) is 22.4. The van der Waals surface area contributed by atoms with E-state index in [9.17, 15) is 19.4 Å². The molecule has 8 nitrogen and oxygen atoms in total. The van der Waals surface area contributed by atoms with Crippen molar-refractivity contribution in [1.29, 1.82) is 0 Å². The Kier molecular flexibility index (Phi) is 52.1. The molecule has 0 aliphatic heterocycles. The van der Waals surface area contributed by atoms with Crippen molar-refractivity contribution in [2.24, 2.45) is 0 Å². The lowest BCUT2D eigenvalue weighted by molar-refractivity contribution is -0.870. The second-order valence-corrected chi connectivity index (χ2v) is 23.9. The molecule has 0 aromatic heterocycles. The lowest BCUT2D eigenvalue weighted by atomic mass is 10.0. The maximum Gasteiger partial charge on any atom is 0.472 e. The quantitative estimate of drug-likeness (QED) is 0.0243. The molecule has 0 saturated carbocycles. The molecule has 0 heterocycles. The zero-order valence-electron chi connectivity index (χ0n) is 47.5. The molecule has 3 unspecified atom stereocenters. The van der Waals surface area contributed by atoms with E-state index in [-0.39, 0.29) is 19.1 Å². The summed E-state index contributed by atoms with van der Waals surface area (Å²) in [7, 11) is 1.59. The van der Waals surface area contributed by atoms with Crippen molar-refractivity contribution in [1.82, 2.24) is 5.32 Å². The number of allylic oxidation sites excluding steroid dienone is 3. The number of carbonyl (C=O) groups is 1. The average molecular weight is 1010 g/mol. The van der Waals surface area contributed by atoms with E-state index in [1.807, 2.05) is 27.2 Å². The molecular weight excluding hydrogens is 888 g/mol. The third kappa shape index (κ3) is 54.7. The van der Waals surface area contributed by atoms with Gasteiger partial charge in [-0.1, -0.05) is 282 Å². The van der Waals surface area contributed by atoms with Gasteiger partial charge in [0.1, 0.15) is 13.2 Å². The molecule has 0 spiro atoms. The van der Waals surface area contributed by atoms with Gasteiger partial charge in [-0.25, -0.2) is 4.57 Å². The third-order valence-electron chi connectivity index (χ3n) is 14.2. The molecule has 0 aliphatic rings. The maximum atomic E-state index is 13.0. The van der Waals surface area contributed by atoms with E-state index < -0.39 is 20.0 Å². The van der Waals surface area contributed by atoms with E-state index in [2.05, 4.69) is 31.3 Å². The summed E-state index contributed by atoms with van der Waals surface area (Å²) in [6, 6.07) is -0.846. The first-order valence-corrected chi connectivity index (χ1v) is 32.2. The average Bonchev–Trinajstić information content (AvgIpc) is 3.32. The number of aliphatic hydroxyl groups is 1. The summed E-state index contributed by atoms with van der Waals surface area (Å²) in [5.41, 5.74) is 0. The highest BCUT2D eigenvalue weighted by Gasteiger charge is 2.27. The van der Waals surface area contributed by atoms with Crippen LogP contribution in [-0.2, 0) is 18.4 Å². The van der Waals surface area contributed by atoms with E-state index in [1.54, 1.807) is 6.08 Å². The number of aliphatic hydroxyl groups excluding tert-OH is 1. The van der Waals surface area contributed by atoms with Crippen molar-refractivity contribution in [3.8, 4) is 0 Å². The van der Waals surface area contributed by atoms with Gasteiger partial charge in [0.2, 0.25) is 5.91 Å². The topological polar surface area (TPSA) is 105 Å². The molecule has 0 saturated heterocycles. The van der Waals surface area contributed by atoms with Gasteiger partial charge >= 0.3 is 7.82 Å². The third-order valence-corrected chi connectivity index (χ3v) is 15.1. The van der Waals surface area contributed by atoms with Crippen LogP contribution in [0.3, 0.4) is 0 Å². The molecule has 1 amide bonds. The van der Waals surface area contributed by atoms with Gasteiger partial charge in [-0.2, -0.15) is 0 Å². The van der Waals surface area contributed by atoms with Crippen LogP contribution in [0.1, 0.15) is 309 Å². The Bertz CT molecular complexity index is 1190. The molecule has 0 aliphatic carbocycles. The van der Waals surface area contributed by atoms with Crippen molar-refractivity contribution < 1.29 is 32.9 Å². The van der Waals surface area contributed by atoms with Gasteiger partial charge in [0.15, 0.2) is 0 Å². The number of likely N-dealkylation sites (N-methyl/N-ethyl adjacent to an activating group) is 1. The molecule has 3 N–H and O–H groups in total. The summed E-state index contributed by atoms with van der Waals surface area (Å²) >= 11 is 0. The normalized spacial score (nSPS) is 14.0. The molecule has 70 heavy (non-hydrogen) atoms. The molecule has 416 valence electrons. The number of phosphoric ester groups is 1. The van der Waals surface area contributed by atoms with Crippen LogP contribution >= 0.6 is 7.82 Å². The van der Waals surface area contributed by atoms with E-state index in [0.717, 1.165) is 32.1 Å². The molecule has 9 heteroatoms. The Morgan fingerprint density at radius 1 is 0.471 bits per heavy atom. The largest absolute Gasteiger partial charge is 0.472 e. The smallest absolute Gasteiger partial charge is 0.387 e. The van der Waals surface area contributed by atoms with Crippen molar-refractivity contribution in [2.45, 2.75) is 321 Å². The van der Waals surface area contributed by atoms with Crippen LogP contribution in [0.25, 0.3) is 0 Å². The van der Waals surface area contributed by atoms with Crippen molar-refractivity contribution in [3.05, 3.63) is 24.3 Å². The highest BCUT2D eigenvalue weighted by atomic mass is 31.2. The number of carbonyl (C=O) groups excluding carboxylic acids is 1. The van der Waals surface area contributed by atoms with Crippen LogP contribution in [0, 0.1) is 0 Å². The minimum atomic E-state index is -4.35. The number of unbranched alkanes of at least 4 members (excludes halogenated alkanes) is 42. The summed E-state index contributed by atoms with van der Waals surface area (Å²) in [6.07, 6.45) is 67.2. The monoisotopic (exact) mass is 1010 g/mol. The lowest BCUT2D eigenvalue weighted by Crippen LogP contribution is -2.45. The Labute approximate surface area is 436 Å². The van der Waals surface area contributed by atoms with Crippen LogP contribution < -0.4 is 5.32 Å². The van der Waals surface area contributed by atoms with Crippen LogP contribution in [0.5, 0.6) is 0 Å². The Morgan fingerprint density at radius 3 is 1.10 bits per heavy atom. The van der Waals surface area contributed by atoms with Crippen molar-refractivity contribution >= 4 is 13.7 Å². The highest BCUT2D eigenvalue weighted by Crippen LogP contribution is 2.43. The van der Waals surface area contributed by atoms with Gasteiger partial charge in [0.25, 0.3) is 0 Å². The Balaban J connectivity index is 4.14. The summed E-state index contributed by atoms with van der Waals surface area (Å²) < 4.78 is 23.7. The number of rotatable bonds is 57. The molecule has 0 bridgehead atoms. The van der Waals surface area contributed by atoms with E-state index >= 15 is 0 Å². The number of hydrogen-bond donors (Lipinski definition) is 3. The number of phosphoric acid groups is 1. The Morgan fingerprint density at radius 2 is 0.771 bits per heavy atom. The van der Waals surface area contributed by atoms with E-state index in [1.165, 1.54) is 257 Å². The number of quaternary nitrogens is 1. The Hall–Kier alpha value is -1.02. The summed E-state index contributed by atoms with van der Waals surface area (Å²) in [5.74, 6) is -0.173. The van der Waals surface area contributed by atoms with Gasteiger partial charge in [-0.3, -0.25) is 13.8 Å². The molecule has 0 radical (unpaired) electrons. The first-order chi connectivity index (χ1) is 34.0. The fourth-order valence-electron chi connectivity index (χ4n) is 9.33. The van der Waals surface area contributed by atoms with Crippen LogP contribution in [0.15, 0.2) is 24.3 Å². The molecule has 0 aromatic carbocycles. The van der Waals surface area contributed by atoms with Crippen LogP contribution in [0.4, 0.5) is 0 Å². The standard InChI is InChI=1S/C61H121N2O6P/c1-6-8-10-12-14-16-18-20-22-24-26-28-29-30-31-32-33-35-37-39-41-43-45-47-49-51-53-55-61(65)62-59(58-69-70(66,67)68-57-56-63(3,4)5)60(64)54-52-50-48-46-44-42-40-38-36-34-27-25-23-21-19-17-15-13-11-9-7-2/h30-31,52,54,59-60,64H,6-29,32-51,53,55-58H2,1-5H3,(H-,62,65,66,67)/p+1/b31-30-,54-52+. The zero-order chi connectivity index (χ0) is 51.3. The maximum absolute atomic E-state index is 13.0. The summed E-state index contributed by atoms with van der Waals surface area (Å²) in [6.45, 7) is 4.87. The number of amides is 1. The zero-order valence-corrected chi connectivity index (χ0v) is 48.4. The van der Waals surface area contributed by atoms with Gasteiger partial charge in [0, 0.05) is 6.42 Å². The number of nitrogens with zero attached hydrogens (tertiary/aromatic N) is 1. The molecular formula is C61H122N2O6P+. The predicted octanol–water partition coefficient (Wildman–Crippen LogP) is 18.8. The first kappa shape index (κ1) is 69.0. The molecule has 0 fully saturated rings. The van der Waals surface area contributed by atoms with Crippen molar-refractivity contribution in [2.75, 3.05) is 40.9 Å². The van der Waals surface area contributed by atoms with Crippen LogP contribution in [-0.4, -0.2) is 73.4 Å². The predicted molar refractivity (Wildman–Crippen MR) is 305 cm³/mol.